The fourth-order valence-corrected chi connectivity index (χ4v) is 1.13. The molecule has 0 aliphatic rings. The molecule has 0 atom stereocenters. The van der Waals surface area contributed by atoms with Gasteiger partial charge in [0.05, 0.1) is 0 Å². The summed E-state index contributed by atoms with van der Waals surface area (Å²) < 4.78 is 12.6. The van der Waals surface area contributed by atoms with Gasteiger partial charge in [0, 0.05) is 17.0 Å². The van der Waals surface area contributed by atoms with Gasteiger partial charge in [0.2, 0.25) is 5.56 Å². The lowest BCUT2D eigenvalue weighted by atomic mass is 10.2. The largest absolute Gasteiger partial charge is 0.322 e. The summed E-state index contributed by atoms with van der Waals surface area (Å²) in [7, 11) is 0. The van der Waals surface area contributed by atoms with Crippen LogP contribution in [-0.2, 0) is 0 Å². The Bertz CT molecular complexity index is 475. The van der Waals surface area contributed by atoms with Crippen molar-refractivity contribution < 1.29 is 4.39 Å². The summed E-state index contributed by atoms with van der Waals surface area (Å²) in [4.78, 5) is 13.4. The van der Waals surface area contributed by atoms with Crippen molar-refractivity contribution in [2.75, 3.05) is 0 Å². The molecule has 60 valence electrons. The summed E-state index contributed by atoms with van der Waals surface area (Å²) >= 11 is 0. The highest BCUT2D eigenvalue weighted by Gasteiger charge is 1.94. The first-order valence-corrected chi connectivity index (χ1v) is 3.54. The molecule has 1 aromatic carbocycles. The topological polar surface area (TPSA) is 32.9 Å². The second-order valence-electron chi connectivity index (χ2n) is 2.55. The van der Waals surface area contributed by atoms with Gasteiger partial charge in [-0.05, 0) is 24.3 Å². The molecule has 0 saturated heterocycles. The smallest absolute Gasteiger partial charge is 0.248 e. The minimum Gasteiger partial charge on any atom is -0.322 e. The summed E-state index contributed by atoms with van der Waals surface area (Å²) in [6.07, 6.45) is 0. The minimum atomic E-state index is -0.297. The molecule has 0 bridgehead atoms. The quantitative estimate of drug-likeness (QED) is 0.629. The van der Waals surface area contributed by atoms with E-state index in [2.05, 4.69) is 4.98 Å². The molecule has 12 heavy (non-hydrogen) atoms. The second kappa shape index (κ2) is 2.44. The van der Waals surface area contributed by atoms with E-state index in [1.165, 1.54) is 18.2 Å². The van der Waals surface area contributed by atoms with Crippen molar-refractivity contribution in [3.63, 3.8) is 0 Å². The van der Waals surface area contributed by atoms with Crippen molar-refractivity contribution >= 4 is 10.9 Å². The number of pyridine rings is 1. The summed E-state index contributed by atoms with van der Waals surface area (Å²) in [6, 6.07) is 7.22. The van der Waals surface area contributed by atoms with E-state index in [1.54, 1.807) is 12.1 Å². The Morgan fingerprint density at radius 3 is 2.83 bits per heavy atom. The minimum absolute atomic E-state index is 0.172. The number of halogens is 1. The first-order valence-electron chi connectivity index (χ1n) is 3.54. The Labute approximate surface area is 67.7 Å². The van der Waals surface area contributed by atoms with Crippen LogP contribution in [0.4, 0.5) is 4.39 Å². The number of rotatable bonds is 0. The van der Waals surface area contributed by atoms with E-state index < -0.39 is 0 Å². The third kappa shape index (κ3) is 1.09. The van der Waals surface area contributed by atoms with Crippen molar-refractivity contribution in [1.82, 2.24) is 4.98 Å². The van der Waals surface area contributed by atoms with Crippen molar-refractivity contribution in [1.29, 1.82) is 0 Å². The predicted molar refractivity (Wildman–Crippen MR) is 44.5 cm³/mol. The molecule has 2 nitrogen and oxygen atoms in total. The number of fused-ring (bicyclic) bond motifs is 1. The van der Waals surface area contributed by atoms with E-state index in [9.17, 15) is 9.18 Å². The van der Waals surface area contributed by atoms with Gasteiger partial charge < -0.3 is 4.98 Å². The molecule has 0 aliphatic heterocycles. The molecule has 1 heterocycles. The summed E-state index contributed by atoms with van der Waals surface area (Å²) in [5, 5.41) is 0.703. The molecular formula is C9H6FNO. The third-order valence-corrected chi connectivity index (χ3v) is 1.69. The fraction of sp³-hybridized carbons (Fsp3) is 0. The van der Waals surface area contributed by atoms with E-state index in [1.807, 2.05) is 0 Å². The maximum Gasteiger partial charge on any atom is 0.248 e. The van der Waals surface area contributed by atoms with Gasteiger partial charge in [0.25, 0.3) is 0 Å². The molecule has 0 fully saturated rings. The highest BCUT2D eigenvalue weighted by atomic mass is 19.1. The van der Waals surface area contributed by atoms with Crippen LogP contribution in [0.25, 0.3) is 10.9 Å². The van der Waals surface area contributed by atoms with E-state index >= 15 is 0 Å². The van der Waals surface area contributed by atoms with Crippen LogP contribution in [-0.4, -0.2) is 4.98 Å². The zero-order chi connectivity index (χ0) is 8.55. The molecule has 0 aliphatic carbocycles. The molecule has 1 N–H and O–H groups in total. The van der Waals surface area contributed by atoms with Gasteiger partial charge in [0.1, 0.15) is 5.82 Å². The number of nitrogens with one attached hydrogen (secondary N) is 1. The molecule has 0 spiro atoms. The average molecular weight is 163 g/mol. The highest BCUT2D eigenvalue weighted by Crippen LogP contribution is 2.10. The maximum atomic E-state index is 12.6. The van der Waals surface area contributed by atoms with Crippen molar-refractivity contribution in [3.05, 3.63) is 46.5 Å². The molecule has 0 radical (unpaired) electrons. The normalized spacial score (nSPS) is 10.4. The Morgan fingerprint density at radius 2 is 2.00 bits per heavy atom. The monoisotopic (exact) mass is 163 g/mol. The summed E-state index contributed by atoms with van der Waals surface area (Å²) in [6.45, 7) is 0. The Balaban J connectivity index is 2.87. The highest BCUT2D eigenvalue weighted by molar-refractivity contribution is 5.77. The molecular weight excluding hydrogens is 157 g/mol. The molecule has 0 amide bonds. The van der Waals surface area contributed by atoms with Crippen LogP contribution >= 0.6 is 0 Å². The fourth-order valence-electron chi connectivity index (χ4n) is 1.13. The zero-order valence-corrected chi connectivity index (χ0v) is 6.17. The number of H-pyrrole nitrogens is 1. The Morgan fingerprint density at radius 1 is 1.17 bits per heavy atom. The lowest BCUT2D eigenvalue weighted by Gasteiger charge is -1.95. The molecule has 0 unspecified atom stereocenters. The lowest BCUT2D eigenvalue weighted by molar-refractivity contribution is 0.629. The van der Waals surface area contributed by atoms with Crippen molar-refractivity contribution in [2.24, 2.45) is 0 Å². The second-order valence-corrected chi connectivity index (χ2v) is 2.55. The maximum absolute atomic E-state index is 12.6. The zero-order valence-electron chi connectivity index (χ0n) is 6.17. The van der Waals surface area contributed by atoms with Gasteiger partial charge in [-0.2, -0.15) is 0 Å². The Hall–Kier alpha value is -1.64. The Kier molecular flexibility index (Phi) is 1.43. The van der Waals surface area contributed by atoms with Gasteiger partial charge in [-0.1, -0.05) is 0 Å². The number of hydrogen-bond donors (Lipinski definition) is 1. The van der Waals surface area contributed by atoms with Crippen LogP contribution in [0.15, 0.2) is 35.1 Å². The van der Waals surface area contributed by atoms with Crippen LogP contribution in [0.1, 0.15) is 0 Å². The number of aromatic nitrogens is 1. The molecule has 3 heteroatoms. The van der Waals surface area contributed by atoms with Crippen LogP contribution in [0.5, 0.6) is 0 Å². The molecule has 0 saturated carbocycles. The number of benzene rings is 1. The van der Waals surface area contributed by atoms with E-state index in [0.717, 1.165) is 0 Å². The SMILES string of the molecule is O=c1ccc2cc(F)ccc2[nH]1. The van der Waals surface area contributed by atoms with Crippen LogP contribution < -0.4 is 5.56 Å². The molecule has 2 rings (SSSR count). The summed E-state index contributed by atoms with van der Waals surface area (Å²) in [5.74, 6) is -0.297. The first-order chi connectivity index (χ1) is 5.75. The van der Waals surface area contributed by atoms with Crippen LogP contribution in [0.2, 0.25) is 0 Å². The molecule has 2 aromatic rings. The first kappa shape index (κ1) is 7.03. The van der Waals surface area contributed by atoms with Gasteiger partial charge in [-0.15, -0.1) is 0 Å². The van der Waals surface area contributed by atoms with Gasteiger partial charge in [-0.3, -0.25) is 4.79 Å². The average Bonchev–Trinajstić information content (AvgIpc) is 2.05. The van der Waals surface area contributed by atoms with Crippen molar-refractivity contribution in [3.8, 4) is 0 Å². The van der Waals surface area contributed by atoms with Crippen LogP contribution in [0, 0.1) is 5.82 Å². The van der Waals surface area contributed by atoms with Gasteiger partial charge >= 0.3 is 0 Å². The predicted octanol–water partition coefficient (Wildman–Crippen LogP) is 1.67. The van der Waals surface area contributed by atoms with Crippen molar-refractivity contribution in [2.45, 2.75) is 0 Å². The lowest BCUT2D eigenvalue weighted by Crippen LogP contribution is -2.01. The van der Waals surface area contributed by atoms with E-state index in [4.69, 9.17) is 0 Å². The van der Waals surface area contributed by atoms with Crippen LogP contribution in [0.3, 0.4) is 0 Å². The number of hydrogen-bond acceptors (Lipinski definition) is 1. The standard InChI is InChI=1S/C9H6FNO/c10-7-2-3-8-6(5-7)1-4-9(12)11-8/h1-5H,(H,11,12). The van der Waals surface area contributed by atoms with E-state index in [-0.39, 0.29) is 11.4 Å². The summed E-state index contributed by atoms with van der Waals surface area (Å²) in [5.41, 5.74) is 0.484. The van der Waals surface area contributed by atoms with Gasteiger partial charge in [0.15, 0.2) is 0 Å². The molecule has 1 aromatic heterocycles. The van der Waals surface area contributed by atoms with Gasteiger partial charge in [-0.25, -0.2) is 4.39 Å². The van der Waals surface area contributed by atoms with E-state index in [0.29, 0.717) is 10.9 Å². The third-order valence-electron chi connectivity index (χ3n) is 1.69. The number of aromatic amines is 1.